The van der Waals surface area contributed by atoms with Gasteiger partial charge in [0.05, 0.1) is 0 Å². The molecular formula is C10H19N5. The predicted molar refractivity (Wildman–Crippen MR) is 59.8 cm³/mol. The van der Waals surface area contributed by atoms with Crippen molar-refractivity contribution in [2.24, 2.45) is 12.8 Å². The van der Waals surface area contributed by atoms with Crippen LogP contribution in [-0.4, -0.2) is 27.9 Å². The van der Waals surface area contributed by atoms with Crippen LogP contribution in [0.3, 0.4) is 0 Å². The number of rotatable bonds is 4. The van der Waals surface area contributed by atoms with E-state index in [1.54, 1.807) is 0 Å². The molecule has 0 unspecified atom stereocenters. The van der Waals surface area contributed by atoms with Gasteiger partial charge in [-0.15, -0.1) is 0 Å². The number of aryl methyl sites for hydroxylation is 1. The maximum absolute atomic E-state index is 5.44. The van der Waals surface area contributed by atoms with E-state index in [4.69, 9.17) is 5.73 Å². The zero-order valence-corrected chi connectivity index (χ0v) is 9.24. The molecule has 0 aliphatic heterocycles. The van der Waals surface area contributed by atoms with Crippen LogP contribution in [-0.2, 0) is 7.05 Å². The molecule has 1 fully saturated rings. The molecule has 1 aliphatic rings. The third-order valence-corrected chi connectivity index (χ3v) is 2.93. The van der Waals surface area contributed by atoms with Crippen molar-refractivity contribution >= 4 is 5.95 Å². The summed E-state index contributed by atoms with van der Waals surface area (Å²) in [6.45, 7) is 1.36. The first kappa shape index (κ1) is 10.4. The molecule has 0 bridgehead atoms. The van der Waals surface area contributed by atoms with Crippen LogP contribution in [0.25, 0.3) is 0 Å². The molecule has 1 saturated carbocycles. The van der Waals surface area contributed by atoms with Crippen LogP contribution in [0.4, 0.5) is 5.95 Å². The van der Waals surface area contributed by atoms with Crippen LogP contribution in [0.5, 0.6) is 0 Å². The number of aromatic nitrogens is 3. The minimum Gasteiger partial charge on any atom is -0.353 e. The maximum atomic E-state index is 5.44. The van der Waals surface area contributed by atoms with Gasteiger partial charge in [-0.05, 0) is 12.8 Å². The lowest BCUT2D eigenvalue weighted by atomic mass is 10.1. The average molecular weight is 209 g/mol. The van der Waals surface area contributed by atoms with Crippen molar-refractivity contribution in [1.29, 1.82) is 0 Å². The van der Waals surface area contributed by atoms with E-state index in [9.17, 15) is 0 Å². The van der Waals surface area contributed by atoms with Gasteiger partial charge < -0.3 is 11.1 Å². The molecule has 1 aromatic rings. The summed E-state index contributed by atoms with van der Waals surface area (Å²) < 4.78 is 1.81. The van der Waals surface area contributed by atoms with E-state index < -0.39 is 0 Å². The minimum atomic E-state index is 0.574. The summed E-state index contributed by atoms with van der Waals surface area (Å²) >= 11 is 0. The fraction of sp³-hybridized carbons (Fsp3) is 0.800. The van der Waals surface area contributed by atoms with Crippen LogP contribution in [0.2, 0.25) is 0 Å². The number of hydrogen-bond donors (Lipinski definition) is 2. The molecule has 0 spiro atoms. The molecule has 0 amide bonds. The summed E-state index contributed by atoms with van der Waals surface area (Å²) in [6.07, 6.45) is 5.10. The van der Waals surface area contributed by atoms with E-state index in [1.807, 2.05) is 11.7 Å². The minimum absolute atomic E-state index is 0.574. The maximum Gasteiger partial charge on any atom is 0.221 e. The second-order valence-corrected chi connectivity index (χ2v) is 4.11. The predicted octanol–water partition coefficient (Wildman–Crippen LogP) is 0.843. The number of hydrogen-bond acceptors (Lipinski definition) is 4. The molecular weight excluding hydrogens is 190 g/mol. The highest BCUT2D eigenvalue weighted by Gasteiger charge is 2.21. The first-order chi connectivity index (χ1) is 7.31. The Morgan fingerprint density at radius 3 is 2.87 bits per heavy atom. The van der Waals surface area contributed by atoms with Crippen LogP contribution >= 0.6 is 0 Å². The third kappa shape index (κ3) is 2.28. The largest absolute Gasteiger partial charge is 0.353 e. The van der Waals surface area contributed by atoms with Gasteiger partial charge in [0.2, 0.25) is 5.95 Å². The van der Waals surface area contributed by atoms with Crippen molar-refractivity contribution in [2.75, 3.05) is 18.4 Å². The van der Waals surface area contributed by atoms with Crippen molar-refractivity contribution in [1.82, 2.24) is 14.8 Å². The molecule has 0 radical (unpaired) electrons. The summed E-state index contributed by atoms with van der Waals surface area (Å²) in [5.74, 6) is 2.40. The van der Waals surface area contributed by atoms with Gasteiger partial charge in [0.25, 0.3) is 0 Å². The van der Waals surface area contributed by atoms with Gasteiger partial charge in [-0.2, -0.15) is 10.1 Å². The van der Waals surface area contributed by atoms with E-state index in [0.717, 1.165) is 18.3 Å². The lowest BCUT2D eigenvalue weighted by Gasteiger charge is -2.01. The van der Waals surface area contributed by atoms with Gasteiger partial charge in [0.15, 0.2) is 5.82 Å². The Kier molecular flexibility index (Phi) is 3.20. The smallest absolute Gasteiger partial charge is 0.221 e. The van der Waals surface area contributed by atoms with Crippen LogP contribution < -0.4 is 11.1 Å². The fourth-order valence-electron chi connectivity index (χ4n) is 2.10. The molecule has 0 atom stereocenters. The fourth-order valence-corrected chi connectivity index (χ4v) is 2.10. The summed E-state index contributed by atoms with van der Waals surface area (Å²) in [5, 5.41) is 7.62. The Hall–Kier alpha value is -1.10. The highest BCUT2D eigenvalue weighted by Crippen LogP contribution is 2.32. The summed E-state index contributed by atoms with van der Waals surface area (Å²) in [7, 11) is 1.92. The van der Waals surface area contributed by atoms with Crippen molar-refractivity contribution in [2.45, 2.75) is 31.6 Å². The molecule has 2 rings (SSSR count). The number of nitrogens with one attached hydrogen (secondary N) is 1. The Labute approximate surface area is 90.1 Å². The number of anilines is 1. The van der Waals surface area contributed by atoms with Gasteiger partial charge in [0, 0.05) is 26.1 Å². The standard InChI is InChI=1S/C10H19N5/c1-15-10(12-7-6-11)13-9(14-15)8-4-2-3-5-8/h8H,2-7,11H2,1H3,(H,12,13,14). The van der Waals surface area contributed by atoms with E-state index in [0.29, 0.717) is 12.5 Å². The SMILES string of the molecule is Cn1nc(C2CCCC2)nc1NCCN. The second-order valence-electron chi connectivity index (χ2n) is 4.11. The van der Waals surface area contributed by atoms with E-state index >= 15 is 0 Å². The zero-order chi connectivity index (χ0) is 10.7. The van der Waals surface area contributed by atoms with E-state index in [2.05, 4.69) is 15.4 Å². The van der Waals surface area contributed by atoms with Gasteiger partial charge in [-0.25, -0.2) is 4.68 Å². The van der Waals surface area contributed by atoms with Crippen molar-refractivity contribution in [3.8, 4) is 0 Å². The van der Waals surface area contributed by atoms with Crippen LogP contribution in [0.1, 0.15) is 37.4 Å². The first-order valence-electron chi connectivity index (χ1n) is 5.66. The Morgan fingerprint density at radius 1 is 1.47 bits per heavy atom. The summed E-state index contributed by atoms with van der Waals surface area (Å²) in [6, 6.07) is 0. The molecule has 84 valence electrons. The van der Waals surface area contributed by atoms with Gasteiger partial charge >= 0.3 is 0 Å². The van der Waals surface area contributed by atoms with Crippen molar-refractivity contribution < 1.29 is 0 Å². The lowest BCUT2D eigenvalue weighted by Crippen LogP contribution is -2.15. The molecule has 1 heterocycles. The number of nitrogens with two attached hydrogens (primary N) is 1. The summed E-state index contributed by atoms with van der Waals surface area (Å²) in [4.78, 5) is 4.51. The molecule has 1 aromatic heterocycles. The molecule has 15 heavy (non-hydrogen) atoms. The van der Waals surface area contributed by atoms with Crippen LogP contribution in [0, 0.1) is 0 Å². The highest BCUT2D eigenvalue weighted by molar-refractivity contribution is 5.25. The Bertz CT molecular complexity index is 314. The molecule has 5 heteroatoms. The molecule has 1 aliphatic carbocycles. The van der Waals surface area contributed by atoms with Crippen LogP contribution in [0.15, 0.2) is 0 Å². The topological polar surface area (TPSA) is 68.8 Å². The van der Waals surface area contributed by atoms with Gasteiger partial charge in [0.1, 0.15) is 0 Å². The monoisotopic (exact) mass is 209 g/mol. The summed E-state index contributed by atoms with van der Waals surface area (Å²) in [5.41, 5.74) is 5.44. The van der Waals surface area contributed by atoms with Gasteiger partial charge in [-0.1, -0.05) is 12.8 Å². The lowest BCUT2D eigenvalue weighted by molar-refractivity contribution is 0.648. The normalized spacial score (nSPS) is 17.2. The molecule has 0 saturated heterocycles. The van der Waals surface area contributed by atoms with E-state index in [1.165, 1.54) is 25.7 Å². The van der Waals surface area contributed by atoms with Gasteiger partial charge in [-0.3, -0.25) is 0 Å². The quantitative estimate of drug-likeness (QED) is 0.771. The Morgan fingerprint density at radius 2 is 2.20 bits per heavy atom. The third-order valence-electron chi connectivity index (χ3n) is 2.93. The van der Waals surface area contributed by atoms with Crippen molar-refractivity contribution in [3.63, 3.8) is 0 Å². The van der Waals surface area contributed by atoms with E-state index in [-0.39, 0.29) is 0 Å². The first-order valence-corrected chi connectivity index (χ1v) is 5.66. The number of nitrogens with zero attached hydrogens (tertiary/aromatic N) is 3. The molecule has 3 N–H and O–H groups in total. The van der Waals surface area contributed by atoms with Crippen molar-refractivity contribution in [3.05, 3.63) is 5.82 Å². The second kappa shape index (κ2) is 4.61. The molecule has 5 nitrogen and oxygen atoms in total. The molecule has 0 aromatic carbocycles. The zero-order valence-electron chi connectivity index (χ0n) is 9.24. The average Bonchev–Trinajstić information content (AvgIpc) is 2.83. The Balaban J connectivity index is 2.06. The highest BCUT2D eigenvalue weighted by atomic mass is 15.4.